The SMILES string of the molecule is CNCCC(=O)N1CCCN(C(=O)C(C)C)CC1.Cl. The normalized spacial score (nSPS) is 16.0. The van der Waals surface area contributed by atoms with Gasteiger partial charge in [-0.25, -0.2) is 0 Å². The summed E-state index contributed by atoms with van der Waals surface area (Å²) in [5.41, 5.74) is 0. The van der Waals surface area contributed by atoms with Crippen LogP contribution in [0.3, 0.4) is 0 Å². The zero-order chi connectivity index (χ0) is 13.5. The highest BCUT2D eigenvalue weighted by Gasteiger charge is 2.22. The first-order chi connectivity index (χ1) is 8.56. The average molecular weight is 292 g/mol. The van der Waals surface area contributed by atoms with Crippen molar-refractivity contribution in [3.05, 3.63) is 0 Å². The van der Waals surface area contributed by atoms with Crippen LogP contribution in [0.5, 0.6) is 0 Å². The molecule has 112 valence electrons. The molecule has 1 aliphatic rings. The summed E-state index contributed by atoms with van der Waals surface area (Å²) in [5, 5.41) is 2.98. The lowest BCUT2D eigenvalue weighted by molar-refractivity contribution is -0.135. The summed E-state index contributed by atoms with van der Waals surface area (Å²) in [4.78, 5) is 27.6. The fraction of sp³-hybridized carbons (Fsp3) is 0.846. The molecule has 6 heteroatoms. The molecule has 1 heterocycles. The van der Waals surface area contributed by atoms with Crippen molar-refractivity contribution in [2.45, 2.75) is 26.7 Å². The van der Waals surface area contributed by atoms with Gasteiger partial charge >= 0.3 is 0 Å². The van der Waals surface area contributed by atoms with E-state index in [-0.39, 0.29) is 30.1 Å². The molecule has 0 saturated carbocycles. The Morgan fingerprint density at radius 3 is 2.26 bits per heavy atom. The lowest BCUT2D eigenvalue weighted by Crippen LogP contribution is -2.39. The molecule has 0 aromatic heterocycles. The van der Waals surface area contributed by atoms with Gasteiger partial charge in [0.2, 0.25) is 11.8 Å². The molecule has 1 saturated heterocycles. The maximum absolute atomic E-state index is 11.9. The minimum Gasteiger partial charge on any atom is -0.341 e. The Balaban J connectivity index is 0.00000324. The second-order valence-corrected chi connectivity index (χ2v) is 5.07. The molecule has 0 atom stereocenters. The number of carbonyl (C=O) groups is 2. The molecular weight excluding hydrogens is 266 g/mol. The molecule has 0 bridgehead atoms. The van der Waals surface area contributed by atoms with E-state index in [1.165, 1.54) is 0 Å². The maximum Gasteiger partial charge on any atom is 0.225 e. The van der Waals surface area contributed by atoms with Crippen molar-refractivity contribution in [2.75, 3.05) is 39.8 Å². The summed E-state index contributed by atoms with van der Waals surface area (Å²) < 4.78 is 0. The number of nitrogens with one attached hydrogen (secondary N) is 1. The van der Waals surface area contributed by atoms with Gasteiger partial charge in [-0.15, -0.1) is 12.4 Å². The van der Waals surface area contributed by atoms with Crippen LogP contribution in [0.15, 0.2) is 0 Å². The molecule has 0 unspecified atom stereocenters. The lowest BCUT2D eigenvalue weighted by atomic mass is 10.2. The van der Waals surface area contributed by atoms with Crippen LogP contribution in [-0.2, 0) is 9.59 Å². The number of hydrogen-bond donors (Lipinski definition) is 1. The van der Waals surface area contributed by atoms with E-state index in [0.717, 1.165) is 19.5 Å². The highest BCUT2D eigenvalue weighted by molar-refractivity contribution is 5.85. The lowest BCUT2D eigenvalue weighted by Gasteiger charge is -2.23. The molecule has 1 fully saturated rings. The van der Waals surface area contributed by atoms with Gasteiger partial charge in [0.1, 0.15) is 0 Å². The fourth-order valence-electron chi connectivity index (χ4n) is 2.14. The predicted molar refractivity (Wildman–Crippen MR) is 78.4 cm³/mol. The molecule has 1 N–H and O–H groups in total. The topological polar surface area (TPSA) is 52.7 Å². The minimum atomic E-state index is 0. The second-order valence-electron chi connectivity index (χ2n) is 5.07. The van der Waals surface area contributed by atoms with Crippen LogP contribution >= 0.6 is 12.4 Å². The molecule has 19 heavy (non-hydrogen) atoms. The van der Waals surface area contributed by atoms with E-state index in [0.29, 0.717) is 26.1 Å². The number of nitrogens with zero attached hydrogens (tertiary/aromatic N) is 2. The first-order valence-electron chi connectivity index (χ1n) is 6.77. The number of hydrogen-bond acceptors (Lipinski definition) is 3. The van der Waals surface area contributed by atoms with E-state index in [1.54, 1.807) is 0 Å². The van der Waals surface area contributed by atoms with Gasteiger partial charge in [0.05, 0.1) is 0 Å². The molecule has 0 aliphatic carbocycles. The van der Waals surface area contributed by atoms with Crippen LogP contribution in [0.4, 0.5) is 0 Å². The van der Waals surface area contributed by atoms with Crippen molar-refractivity contribution in [2.24, 2.45) is 5.92 Å². The monoisotopic (exact) mass is 291 g/mol. The Labute approximate surface area is 122 Å². The molecule has 5 nitrogen and oxygen atoms in total. The Bertz CT molecular complexity index is 298. The van der Waals surface area contributed by atoms with Crippen molar-refractivity contribution in [1.29, 1.82) is 0 Å². The third-order valence-electron chi connectivity index (χ3n) is 3.24. The predicted octanol–water partition coefficient (Wildman–Crippen LogP) is 0.735. The smallest absolute Gasteiger partial charge is 0.225 e. The Morgan fingerprint density at radius 1 is 1.11 bits per heavy atom. The van der Waals surface area contributed by atoms with Crippen molar-refractivity contribution < 1.29 is 9.59 Å². The van der Waals surface area contributed by atoms with Crippen LogP contribution in [-0.4, -0.2) is 61.4 Å². The van der Waals surface area contributed by atoms with E-state index >= 15 is 0 Å². The largest absolute Gasteiger partial charge is 0.341 e. The number of amides is 2. The van der Waals surface area contributed by atoms with Gasteiger partial charge in [0, 0.05) is 45.1 Å². The van der Waals surface area contributed by atoms with Gasteiger partial charge in [0.25, 0.3) is 0 Å². The van der Waals surface area contributed by atoms with Gasteiger partial charge < -0.3 is 15.1 Å². The summed E-state index contributed by atoms with van der Waals surface area (Å²) in [6.07, 6.45) is 1.42. The van der Waals surface area contributed by atoms with Crippen molar-refractivity contribution in [1.82, 2.24) is 15.1 Å². The highest BCUT2D eigenvalue weighted by atomic mass is 35.5. The molecule has 0 radical (unpaired) electrons. The zero-order valence-electron chi connectivity index (χ0n) is 12.1. The third-order valence-corrected chi connectivity index (χ3v) is 3.24. The number of rotatable bonds is 4. The number of halogens is 1. The Hall–Kier alpha value is -0.810. The van der Waals surface area contributed by atoms with E-state index in [2.05, 4.69) is 5.32 Å². The van der Waals surface area contributed by atoms with E-state index in [1.807, 2.05) is 30.7 Å². The summed E-state index contributed by atoms with van der Waals surface area (Å²) in [7, 11) is 1.85. The average Bonchev–Trinajstić information content (AvgIpc) is 2.60. The molecule has 0 aromatic rings. The molecule has 1 rings (SSSR count). The van der Waals surface area contributed by atoms with E-state index in [4.69, 9.17) is 0 Å². The van der Waals surface area contributed by atoms with Crippen molar-refractivity contribution >= 4 is 24.2 Å². The number of carbonyl (C=O) groups excluding carboxylic acids is 2. The highest BCUT2D eigenvalue weighted by Crippen LogP contribution is 2.08. The summed E-state index contributed by atoms with van der Waals surface area (Å²) in [6.45, 7) is 7.43. The Kier molecular flexibility index (Phi) is 8.76. The summed E-state index contributed by atoms with van der Waals surface area (Å²) in [6, 6.07) is 0. The van der Waals surface area contributed by atoms with Gasteiger partial charge in [-0.3, -0.25) is 9.59 Å². The molecule has 0 aromatic carbocycles. The van der Waals surface area contributed by atoms with Crippen molar-refractivity contribution in [3.8, 4) is 0 Å². The van der Waals surface area contributed by atoms with Crippen LogP contribution < -0.4 is 5.32 Å². The van der Waals surface area contributed by atoms with Gasteiger partial charge in [0.15, 0.2) is 0 Å². The summed E-state index contributed by atoms with van der Waals surface area (Å²) >= 11 is 0. The van der Waals surface area contributed by atoms with Crippen LogP contribution in [0, 0.1) is 5.92 Å². The molecular formula is C13H26ClN3O2. The van der Waals surface area contributed by atoms with Crippen LogP contribution in [0.25, 0.3) is 0 Å². The van der Waals surface area contributed by atoms with E-state index in [9.17, 15) is 9.59 Å². The van der Waals surface area contributed by atoms with Gasteiger partial charge in [-0.2, -0.15) is 0 Å². The fourth-order valence-corrected chi connectivity index (χ4v) is 2.14. The van der Waals surface area contributed by atoms with Crippen molar-refractivity contribution in [3.63, 3.8) is 0 Å². The molecule has 1 aliphatic heterocycles. The standard InChI is InChI=1S/C13H25N3O2.ClH/c1-11(2)13(18)16-8-4-7-15(9-10-16)12(17)5-6-14-3;/h11,14H,4-10H2,1-3H3;1H. The Morgan fingerprint density at radius 2 is 1.68 bits per heavy atom. The first kappa shape index (κ1) is 18.2. The third kappa shape index (κ3) is 5.78. The zero-order valence-corrected chi connectivity index (χ0v) is 13.0. The van der Waals surface area contributed by atoms with Gasteiger partial charge in [-0.1, -0.05) is 13.8 Å². The quantitative estimate of drug-likeness (QED) is 0.831. The maximum atomic E-state index is 11.9. The molecule has 0 spiro atoms. The molecule has 2 amide bonds. The van der Waals surface area contributed by atoms with Gasteiger partial charge in [-0.05, 0) is 13.5 Å². The van der Waals surface area contributed by atoms with E-state index < -0.39 is 0 Å². The summed E-state index contributed by atoms with van der Waals surface area (Å²) in [5.74, 6) is 0.416. The first-order valence-corrected chi connectivity index (χ1v) is 6.77. The van der Waals surface area contributed by atoms with Crippen LogP contribution in [0.1, 0.15) is 26.7 Å². The second kappa shape index (κ2) is 9.15. The minimum absolute atomic E-state index is 0. The van der Waals surface area contributed by atoms with Crippen LogP contribution in [0.2, 0.25) is 0 Å².